The lowest BCUT2D eigenvalue weighted by Gasteiger charge is -2.18. The third kappa shape index (κ3) is 6.36. The standard InChI is InChI=1S/C20H28N2O5/c1-26-19(24)14-10-11-16(20(25)27-2)17(12-14)22-18(23)13-21-15-8-6-4-3-5-7-9-15/h10-12,15,21H,3-9,13H2,1-2H3,(H,22,23)/p+1. The number of carbonyl (C=O) groups is 3. The summed E-state index contributed by atoms with van der Waals surface area (Å²) in [6.45, 7) is 0.272. The summed E-state index contributed by atoms with van der Waals surface area (Å²) in [5.74, 6) is -1.34. The van der Waals surface area contributed by atoms with E-state index in [-0.39, 0.29) is 29.3 Å². The second-order valence-electron chi connectivity index (χ2n) is 6.84. The normalized spacial score (nSPS) is 15.3. The highest BCUT2D eigenvalue weighted by molar-refractivity contribution is 6.03. The molecule has 7 nitrogen and oxygen atoms in total. The second-order valence-corrected chi connectivity index (χ2v) is 6.84. The maximum Gasteiger partial charge on any atom is 0.339 e. The molecular weight excluding hydrogens is 348 g/mol. The first kappa shape index (κ1) is 20.9. The van der Waals surface area contributed by atoms with Crippen molar-refractivity contribution in [2.45, 2.75) is 51.0 Å². The van der Waals surface area contributed by atoms with E-state index in [0.29, 0.717) is 6.04 Å². The minimum absolute atomic E-state index is 0.199. The van der Waals surface area contributed by atoms with Gasteiger partial charge in [0.1, 0.15) is 0 Å². The summed E-state index contributed by atoms with van der Waals surface area (Å²) in [7, 11) is 2.54. The summed E-state index contributed by atoms with van der Waals surface area (Å²) in [6, 6.07) is 4.81. The first-order valence-corrected chi connectivity index (χ1v) is 9.49. The van der Waals surface area contributed by atoms with Gasteiger partial charge in [0.2, 0.25) is 0 Å². The average molecular weight is 377 g/mol. The van der Waals surface area contributed by atoms with Crippen molar-refractivity contribution in [3.05, 3.63) is 29.3 Å². The van der Waals surface area contributed by atoms with Crippen LogP contribution in [0.5, 0.6) is 0 Å². The van der Waals surface area contributed by atoms with Crippen LogP contribution >= 0.6 is 0 Å². The molecule has 1 amide bonds. The van der Waals surface area contributed by atoms with Gasteiger partial charge in [-0.15, -0.1) is 0 Å². The lowest BCUT2D eigenvalue weighted by molar-refractivity contribution is -0.680. The molecule has 1 aromatic carbocycles. The van der Waals surface area contributed by atoms with Crippen molar-refractivity contribution in [3.8, 4) is 0 Å². The third-order valence-corrected chi connectivity index (χ3v) is 4.91. The average Bonchev–Trinajstić information content (AvgIpc) is 2.65. The Bertz CT molecular complexity index is 666. The Hall–Kier alpha value is -2.41. The number of esters is 2. The second kappa shape index (κ2) is 10.7. The minimum Gasteiger partial charge on any atom is -0.465 e. The summed E-state index contributed by atoms with van der Waals surface area (Å²) in [5, 5.41) is 4.81. The predicted molar refractivity (Wildman–Crippen MR) is 101 cm³/mol. The molecule has 0 radical (unpaired) electrons. The Morgan fingerprint density at radius 1 is 1.00 bits per heavy atom. The van der Waals surface area contributed by atoms with Crippen LogP contribution in [0.25, 0.3) is 0 Å². The summed E-state index contributed by atoms with van der Waals surface area (Å²) >= 11 is 0. The zero-order valence-electron chi connectivity index (χ0n) is 16.1. The number of rotatable bonds is 6. The lowest BCUT2D eigenvalue weighted by Crippen LogP contribution is -2.91. The van der Waals surface area contributed by atoms with E-state index < -0.39 is 11.9 Å². The number of anilines is 1. The monoisotopic (exact) mass is 377 g/mol. The zero-order valence-corrected chi connectivity index (χ0v) is 16.1. The fraction of sp³-hybridized carbons (Fsp3) is 0.550. The van der Waals surface area contributed by atoms with Crippen LogP contribution in [-0.2, 0) is 14.3 Å². The quantitative estimate of drug-likeness (QED) is 0.738. The summed E-state index contributed by atoms with van der Waals surface area (Å²) in [5.41, 5.74) is 0.703. The Balaban J connectivity index is 2.03. The number of hydrogen-bond acceptors (Lipinski definition) is 5. The number of benzene rings is 1. The number of hydrogen-bond donors (Lipinski definition) is 2. The summed E-state index contributed by atoms with van der Waals surface area (Å²) in [4.78, 5) is 36.1. The Morgan fingerprint density at radius 2 is 1.63 bits per heavy atom. The highest BCUT2D eigenvalue weighted by Gasteiger charge is 2.19. The first-order valence-electron chi connectivity index (χ1n) is 9.49. The Labute approximate surface area is 159 Å². The first-order chi connectivity index (χ1) is 13.0. The number of nitrogens with one attached hydrogen (secondary N) is 1. The fourth-order valence-corrected chi connectivity index (χ4v) is 3.38. The Kier molecular flexibility index (Phi) is 8.26. The molecule has 1 aliphatic rings. The lowest BCUT2D eigenvalue weighted by atomic mass is 9.97. The van der Waals surface area contributed by atoms with Crippen molar-refractivity contribution in [3.63, 3.8) is 0 Å². The predicted octanol–water partition coefficient (Wildman–Crippen LogP) is 1.87. The van der Waals surface area contributed by atoms with Gasteiger partial charge in [-0.25, -0.2) is 9.59 Å². The molecule has 3 N–H and O–H groups in total. The highest BCUT2D eigenvalue weighted by atomic mass is 16.5. The molecule has 148 valence electrons. The van der Waals surface area contributed by atoms with Crippen LogP contribution in [0.3, 0.4) is 0 Å². The number of nitrogens with two attached hydrogens (primary N) is 1. The maximum atomic E-state index is 12.4. The van der Waals surface area contributed by atoms with E-state index in [1.165, 1.54) is 64.5 Å². The topological polar surface area (TPSA) is 98.3 Å². The van der Waals surface area contributed by atoms with Crippen molar-refractivity contribution >= 4 is 23.5 Å². The van der Waals surface area contributed by atoms with E-state index in [2.05, 4.69) is 10.6 Å². The van der Waals surface area contributed by atoms with Crippen LogP contribution < -0.4 is 10.6 Å². The molecule has 1 aromatic rings. The van der Waals surface area contributed by atoms with Crippen LogP contribution in [0.15, 0.2) is 18.2 Å². The van der Waals surface area contributed by atoms with Crippen LogP contribution in [0.4, 0.5) is 5.69 Å². The van der Waals surface area contributed by atoms with Crippen molar-refractivity contribution in [2.75, 3.05) is 26.1 Å². The van der Waals surface area contributed by atoms with E-state index in [9.17, 15) is 14.4 Å². The SMILES string of the molecule is COC(=O)c1ccc(C(=O)OC)c(NC(=O)C[NH2+]C2CCCCCCC2)c1. The van der Waals surface area contributed by atoms with Crippen molar-refractivity contribution in [2.24, 2.45) is 0 Å². The molecule has 0 spiro atoms. The maximum absolute atomic E-state index is 12.4. The molecule has 1 fully saturated rings. The molecule has 0 heterocycles. The van der Waals surface area contributed by atoms with Gasteiger partial charge in [0, 0.05) is 0 Å². The van der Waals surface area contributed by atoms with Crippen molar-refractivity contribution < 1.29 is 29.2 Å². The number of ether oxygens (including phenoxy) is 2. The zero-order chi connectivity index (χ0) is 19.6. The van der Waals surface area contributed by atoms with Gasteiger partial charge in [-0.3, -0.25) is 4.79 Å². The van der Waals surface area contributed by atoms with Gasteiger partial charge in [-0.2, -0.15) is 0 Å². The molecule has 0 unspecified atom stereocenters. The minimum atomic E-state index is -0.578. The number of methoxy groups -OCH3 is 2. The van der Waals surface area contributed by atoms with Gasteiger partial charge in [-0.05, 0) is 43.9 Å². The molecule has 1 aliphatic carbocycles. The Morgan fingerprint density at radius 3 is 2.26 bits per heavy atom. The van der Waals surface area contributed by atoms with Gasteiger partial charge in [0.25, 0.3) is 5.91 Å². The molecular formula is C20H29N2O5+. The third-order valence-electron chi connectivity index (χ3n) is 4.91. The van der Waals surface area contributed by atoms with Gasteiger partial charge < -0.3 is 20.1 Å². The van der Waals surface area contributed by atoms with Gasteiger partial charge in [0.05, 0.1) is 37.1 Å². The fourth-order valence-electron chi connectivity index (χ4n) is 3.38. The van der Waals surface area contributed by atoms with E-state index in [1.54, 1.807) is 0 Å². The van der Waals surface area contributed by atoms with Gasteiger partial charge in [0.15, 0.2) is 6.54 Å². The molecule has 0 aliphatic heterocycles. The van der Waals surface area contributed by atoms with Crippen LogP contribution in [-0.4, -0.2) is 44.7 Å². The van der Waals surface area contributed by atoms with Gasteiger partial charge in [-0.1, -0.05) is 19.3 Å². The van der Waals surface area contributed by atoms with E-state index in [4.69, 9.17) is 9.47 Å². The van der Waals surface area contributed by atoms with Crippen LogP contribution in [0.1, 0.15) is 65.7 Å². The molecule has 2 rings (SSSR count). The summed E-state index contributed by atoms with van der Waals surface area (Å²) < 4.78 is 9.45. The molecule has 27 heavy (non-hydrogen) atoms. The van der Waals surface area contributed by atoms with E-state index >= 15 is 0 Å². The number of quaternary nitrogens is 1. The molecule has 1 saturated carbocycles. The molecule has 0 bridgehead atoms. The number of amides is 1. The largest absolute Gasteiger partial charge is 0.465 e. The van der Waals surface area contributed by atoms with Crippen LogP contribution in [0, 0.1) is 0 Å². The van der Waals surface area contributed by atoms with Crippen LogP contribution in [0.2, 0.25) is 0 Å². The van der Waals surface area contributed by atoms with E-state index in [0.717, 1.165) is 12.8 Å². The number of carbonyl (C=O) groups excluding carboxylic acids is 3. The van der Waals surface area contributed by atoms with Gasteiger partial charge >= 0.3 is 11.9 Å². The van der Waals surface area contributed by atoms with Crippen molar-refractivity contribution in [1.29, 1.82) is 0 Å². The molecule has 7 heteroatoms. The summed E-state index contributed by atoms with van der Waals surface area (Å²) in [6.07, 6.45) is 8.49. The smallest absolute Gasteiger partial charge is 0.339 e. The molecule has 0 atom stereocenters. The van der Waals surface area contributed by atoms with E-state index in [1.807, 2.05) is 0 Å². The molecule has 0 saturated heterocycles. The molecule has 0 aromatic heterocycles. The van der Waals surface area contributed by atoms with Crippen molar-refractivity contribution in [1.82, 2.24) is 0 Å². The highest BCUT2D eigenvalue weighted by Crippen LogP contribution is 2.20.